The third kappa shape index (κ3) is 3.03. The zero-order chi connectivity index (χ0) is 15.6. The Hall–Kier alpha value is -1.77. The van der Waals surface area contributed by atoms with Crippen molar-refractivity contribution in [2.45, 2.75) is 24.6 Å². The number of rotatable bonds is 4. The van der Waals surface area contributed by atoms with E-state index >= 15 is 0 Å². The van der Waals surface area contributed by atoms with E-state index < -0.39 is 30.5 Å². The molecule has 20 heavy (non-hydrogen) atoms. The molecular formula is C11H8F6O3. The summed E-state index contributed by atoms with van der Waals surface area (Å²) in [5.41, 5.74) is -5.67. The van der Waals surface area contributed by atoms with Crippen molar-refractivity contribution in [3.8, 4) is 0 Å². The van der Waals surface area contributed by atoms with Crippen LogP contribution in [0.2, 0.25) is 0 Å². The van der Waals surface area contributed by atoms with Crippen molar-refractivity contribution >= 4 is 5.97 Å². The highest BCUT2D eigenvalue weighted by Crippen LogP contribution is 2.44. The molecule has 0 aliphatic rings. The van der Waals surface area contributed by atoms with Crippen molar-refractivity contribution in [3.05, 3.63) is 35.9 Å². The fraction of sp³-hybridized carbons (Fsp3) is 0.364. The van der Waals surface area contributed by atoms with E-state index in [1.165, 1.54) is 24.3 Å². The molecule has 0 aromatic heterocycles. The first-order chi connectivity index (χ1) is 9.00. The minimum Gasteiger partial charge on any atom is -0.458 e. The Morgan fingerprint density at radius 2 is 1.55 bits per heavy atom. The van der Waals surface area contributed by atoms with Crippen molar-refractivity contribution in [2.24, 2.45) is 0 Å². The summed E-state index contributed by atoms with van der Waals surface area (Å²) in [6, 6.07) is 7.06. The average Bonchev–Trinajstić information content (AvgIpc) is 2.33. The average molecular weight is 302 g/mol. The summed E-state index contributed by atoms with van der Waals surface area (Å²) in [6.45, 7) is -0.850. The van der Waals surface area contributed by atoms with Gasteiger partial charge in [-0.15, -0.1) is 0 Å². The smallest absolute Gasteiger partial charge is 0.442 e. The maximum atomic E-state index is 13.3. The Balaban J connectivity index is 2.92. The molecule has 0 fully saturated rings. The lowest BCUT2D eigenvalue weighted by atomic mass is 10.1. The standard InChI is InChI=1S/C11H8F6O3/c12-9(10(13,14)15,11(16,17)19)8(18)20-6-7-4-2-1-3-5-7/h1-5,19H,6H2. The van der Waals surface area contributed by atoms with E-state index in [4.69, 9.17) is 5.11 Å². The van der Waals surface area contributed by atoms with Gasteiger partial charge in [0, 0.05) is 0 Å². The normalized spacial score (nSPS) is 15.6. The summed E-state index contributed by atoms with van der Waals surface area (Å²) in [7, 11) is 0. The Kier molecular flexibility index (Phi) is 4.33. The van der Waals surface area contributed by atoms with Gasteiger partial charge in [0.15, 0.2) is 0 Å². The topological polar surface area (TPSA) is 46.5 Å². The predicted molar refractivity (Wildman–Crippen MR) is 53.3 cm³/mol. The number of hydrogen-bond acceptors (Lipinski definition) is 3. The van der Waals surface area contributed by atoms with Crippen LogP contribution in [0.5, 0.6) is 0 Å². The SMILES string of the molecule is O=C(OCc1ccccc1)C(F)(C(O)(F)F)C(F)(F)F. The van der Waals surface area contributed by atoms with Crippen LogP contribution >= 0.6 is 0 Å². The first kappa shape index (κ1) is 16.3. The molecule has 3 nitrogen and oxygen atoms in total. The molecule has 1 aromatic carbocycles. The predicted octanol–water partition coefficient (Wildman–Crippen LogP) is 2.59. The molecule has 1 N–H and O–H groups in total. The Labute approximate surface area is 108 Å². The van der Waals surface area contributed by atoms with Gasteiger partial charge < -0.3 is 9.84 Å². The fourth-order valence-corrected chi connectivity index (χ4v) is 1.23. The summed E-state index contributed by atoms with van der Waals surface area (Å²) in [5, 5.41) is 8.01. The van der Waals surface area contributed by atoms with Crippen LogP contribution < -0.4 is 0 Å². The maximum absolute atomic E-state index is 13.3. The molecule has 0 saturated heterocycles. The minimum atomic E-state index is -6.33. The van der Waals surface area contributed by atoms with E-state index in [0.29, 0.717) is 0 Å². The molecule has 0 radical (unpaired) electrons. The molecule has 1 unspecified atom stereocenters. The van der Waals surface area contributed by atoms with E-state index in [0.717, 1.165) is 0 Å². The first-order valence-corrected chi connectivity index (χ1v) is 5.07. The summed E-state index contributed by atoms with van der Waals surface area (Å²) in [6.07, 6.45) is -12.3. The van der Waals surface area contributed by atoms with Gasteiger partial charge in [-0.3, -0.25) is 0 Å². The molecule has 0 aliphatic heterocycles. The van der Waals surface area contributed by atoms with E-state index in [2.05, 4.69) is 4.74 Å². The third-order valence-corrected chi connectivity index (χ3v) is 2.30. The largest absolute Gasteiger partial charge is 0.458 e. The number of carbonyl (C=O) groups excluding carboxylic acids is 1. The van der Waals surface area contributed by atoms with Gasteiger partial charge in [-0.25, -0.2) is 9.18 Å². The van der Waals surface area contributed by atoms with E-state index in [-0.39, 0.29) is 5.56 Å². The quantitative estimate of drug-likeness (QED) is 0.687. The highest BCUT2D eigenvalue weighted by atomic mass is 19.4. The van der Waals surface area contributed by atoms with Crippen LogP contribution in [0.15, 0.2) is 30.3 Å². The molecule has 1 rings (SSSR count). The first-order valence-electron chi connectivity index (χ1n) is 5.07. The fourth-order valence-electron chi connectivity index (χ4n) is 1.23. The van der Waals surface area contributed by atoms with Gasteiger partial charge in [0.1, 0.15) is 6.61 Å². The lowest BCUT2D eigenvalue weighted by Gasteiger charge is -2.28. The molecule has 1 aromatic rings. The second kappa shape index (κ2) is 5.31. The van der Waals surface area contributed by atoms with Gasteiger partial charge in [-0.2, -0.15) is 22.0 Å². The molecule has 0 spiro atoms. The van der Waals surface area contributed by atoms with Crippen LogP contribution in [0.1, 0.15) is 5.56 Å². The number of hydrogen-bond donors (Lipinski definition) is 1. The molecule has 9 heteroatoms. The van der Waals surface area contributed by atoms with Gasteiger partial charge >= 0.3 is 23.9 Å². The van der Waals surface area contributed by atoms with E-state index in [1.807, 2.05) is 0 Å². The highest BCUT2D eigenvalue weighted by molar-refractivity contribution is 5.81. The second-order valence-electron chi connectivity index (χ2n) is 3.76. The number of esters is 1. The van der Waals surface area contributed by atoms with Crippen molar-refractivity contribution in [3.63, 3.8) is 0 Å². The lowest BCUT2D eigenvalue weighted by molar-refractivity contribution is -0.358. The lowest BCUT2D eigenvalue weighted by Crippen LogP contribution is -2.61. The molecule has 0 heterocycles. The number of carbonyl (C=O) groups is 1. The molecule has 0 aliphatic carbocycles. The number of aliphatic hydroxyl groups is 1. The van der Waals surface area contributed by atoms with Gasteiger partial charge in [0.2, 0.25) is 0 Å². The van der Waals surface area contributed by atoms with Crippen molar-refractivity contribution < 1.29 is 41.0 Å². The third-order valence-electron chi connectivity index (χ3n) is 2.30. The molecule has 0 bridgehead atoms. The second-order valence-corrected chi connectivity index (χ2v) is 3.76. The number of alkyl halides is 6. The Morgan fingerprint density at radius 3 is 1.95 bits per heavy atom. The molecule has 0 saturated carbocycles. The zero-order valence-corrected chi connectivity index (χ0v) is 9.63. The van der Waals surface area contributed by atoms with Crippen LogP contribution in [0.4, 0.5) is 26.3 Å². The molecular weight excluding hydrogens is 294 g/mol. The van der Waals surface area contributed by atoms with E-state index in [9.17, 15) is 31.1 Å². The maximum Gasteiger partial charge on any atom is 0.442 e. The summed E-state index contributed by atoms with van der Waals surface area (Å²) in [5.74, 6) is -2.92. The summed E-state index contributed by atoms with van der Waals surface area (Å²) in [4.78, 5) is 11.0. The molecule has 112 valence electrons. The van der Waals surface area contributed by atoms with Crippen LogP contribution in [-0.4, -0.2) is 29.0 Å². The Morgan fingerprint density at radius 1 is 1.05 bits per heavy atom. The van der Waals surface area contributed by atoms with Crippen molar-refractivity contribution in [2.75, 3.05) is 0 Å². The van der Waals surface area contributed by atoms with Gasteiger partial charge in [-0.1, -0.05) is 30.3 Å². The zero-order valence-electron chi connectivity index (χ0n) is 9.63. The van der Waals surface area contributed by atoms with Crippen molar-refractivity contribution in [1.29, 1.82) is 0 Å². The number of benzene rings is 1. The molecule has 0 amide bonds. The van der Waals surface area contributed by atoms with Gasteiger partial charge in [0.25, 0.3) is 0 Å². The summed E-state index contributed by atoms with van der Waals surface area (Å²) >= 11 is 0. The van der Waals surface area contributed by atoms with Crippen LogP contribution in [-0.2, 0) is 16.1 Å². The summed E-state index contributed by atoms with van der Waals surface area (Å²) < 4.78 is 78.8. The van der Waals surface area contributed by atoms with Gasteiger partial charge in [-0.05, 0) is 5.56 Å². The van der Waals surface area contributed by atoms with E-state index in [1.54, 1.807) is 6.07 Å². The highest BCUT2D eigenvalue weighted by Gasteiger charge is 2.77. The Bertz CT molecular complexity index is 451. The minimum absolute atomic E-state index is 0.159. The van der Waals surface area contributed by atoms with Crippen LogP contribution in [0.25, 0.3) is 0 Å². The van der Waals surface area contributed by atoms with Crippen LogP contribution in [0, 0.1) is 0 Å². The monoisotopic (exact) mass is 302 g/mol. The number of halogens is 6. The number of ether oxygens (including phenoxy) is 1. The molecule has 1 atom stereocenters. The van der Waals surface area contributed by atoms with Gasteiger partial charge in [0.05, 0.1) is 0 Å². The van der Waals surface area contributed by atoms with Crippen molar-refractivity contribution in [1.82, 2.24) is 0 Å². The van der Waals surface area contributed by atoms with Crippen LogP contribution in [0.3, 0.4) is 0 Å².